The largest absolute Gasteiger partial charge is 0.416 e. The van der Waals surface area contributed by atoms with Gasteiger partial charge in [0.05, 0.1) is 34.7 Å². The molecule has 164 valence electrons. The first-order chi connectivity index (χ1) is 15.1. The summed E-state index contributed by atoms with van der Waals surface area (Å²) < 4.78 is 52.8. The summed E-state index contributed by atoms with van der Waals surface area (Å²) in [5.74, 6) is -2.52. The number of aryl methyl sites for hydroxylation is 2. The normalized spacial score (nSPS) is 15.3. The zero-order valence-corrected chi connectivity index (χ0v) is 17.0. The molecule has 2 aromatic carbocycles. The van der Waals surface area contributed by atoms with E-state index in [1.165, 1.54) is 6.20 Å². The number of rotatable bonds is 3. The second kappa shape index (κ2) is 7.74. The van der Waals surface area contributed by atoms with Crippen LogP contribution in [0.3, 0.4) is 0 Å². The molecule has 0 bridgehead atoms. The Morgan fingerprint density at radius 2 is 1.84 bits per heavy atom. The van der Waals surface area contributed by atoms with E-state index >= 15 is 0 Å². The lowest BCUT2D eigenvalue weighted by atomic mass is 9.94. The molecule has 32 heavy (non-hydrogen) atoms. The second-order valence-electron chi connectivity index (χ2n) is 7.49. The van der Waals surface area contributed by atoms with E-state index in [1.54, 1.807) is 6.92 Å². The summed E-state index contributed by atoms with van der Waals surface area (Å²) in [7, 11) is 0. The number of nitrogens with one attached hydrogen (secondary N) is 2. The minimum atomic E-state index is -4.81. The molecular weight excluding hydrogens is 426 g/mol. The lowest BCUT2D eigenvalue weighted by Gasteiger charge is -2.18. The van der Waals surface area contributed by atoms with Crippen molar-refractivity contribution < 1.29 is 27.2 Å². The fraction of sp³-hybridized carbons (Fsp3) is 0.174. The number of halogens is 4. The number of carbonyl (C=O) groups is 2. The first kappa shape index (κ1) is 21.5. The van der Waals surface area contributed by atoms with Crippen LogP contribution in [0.5, 0.6) is 0 Å². The average molecular weight is 443 g/mol. The third kappa shape index (κ3) is 3.81. The van der Waals surface area contributed by atoms with Gasteiger partial charge in [-0.3, -0.25) is 14.6 Å². The molecule has 0 saturated heterocycles. The van der Waals surface area contributed by atoms with Gasteiger partial charge < -0.3 is 10.6 Å². The first-order valence-corrected chi connectivity index (χ1v) is 9.61. The highest BCUT2D eigenvalue weighted by Gasteiger charge is 2.36. The Morgan fingerprint density at radius 1 is 1.12 bits per heavy atom. The van der Waals surface area contributed by atoms with Crippen LogP contribution in [0.15, 0.2) is 48.7 Å². The van der Waals surface area contributed by atoms with Crippen LogP contribution in [0, 0.1) is 19.7 Å². The van der Waals surface area contributed by atoms with Gasteiger partial charge in [-0.05, 0) is 43.2 Å². The van der Waals surface area contributed by atoms with Gasteiger partial charge >= 0.3 is 6.18 Å². The number of benzene rings is 2. The summed E-state index contributed by atoms with van der Waals surface area (Å²) in [6.45, 7) is 3.52. The average Bonchev–Trinajstić information content (AvgIpc) is 3.07. The first-order valence-electron chi connectivity index (χ1n) is 9.61. The molecule has 1 aromatic heterocycles. The van der Waals surface area contributed by atoms with Crippen LogP contribution in [0.25, 0.3) is 0 Å². The van der Waals surface area contributed by atoms with Gasteiger partial charge in [-0.15, -0.1) is 0 Å². The van der Waals surface area contributed by atoms with Gasteiger partial charge in [-0.2, -0.15) is 13.2 Å². The Labute approximate surface area is 180 Å². The molecule has 2 heterocycles. The third-order valence-corrected chi connectivity index (χ3v) is 5.33. The minimum Gasteiger partial charge on any atom is -0.341 e. The molecule has 2 N–H and O–H groups in total. The van der Waals surface area contributed by atoms with Gasteiger partial charge in [0, 0.05) is 11.1 Å². The summed E-state index contributed by atoms with van der Waals surface area (Å²) in [4.78, 5) is 29.5. The van der Waals surface area contributed by atoms with E-state index in [0.29, 0.717) is 29.5 Å². The molecule has 3 aromatic rings. The van der Waals surface area contributed by atoms with Crippen molar-refractivity contribution in [3.8, 4) is 0 Å². The van der Waals surface area contributed by atoms with Crippen LogP contribution >= 0.6 is 0 Å². The maximum absolute atomic E-state index is 13.8. The lowest BCUT2D eigenvalue weighted by molar-refractivity contribution is -0.137. The van der Waals surface area contributed by atoms with Crippen molar-refractivity contribution in [2.24, 2.45) is 0 Å². The maximum Gasteiger partial charge on any atom is 0.416 e. The summed E-state index contributed by atoms with van der Waals surface area (Å²) in [5, 5.41) is 5.37. The number of fused-ring (bicyclic) bond motifs is 1. The van der Waals surface area contributed by atoms with Crippen molar-refractivity contribution in [1.82, 2.24) is 10.3 Å². The van der Waals surface area contributed by atoms with Gasteiger partial charge in [-0.25, -0.2) is 4.39 Å². The van der Waals surface area contributed by atoms with E-state index in [0.717, 1.165) is 11.1 Å². The van der Waals surface area contributed by atoms with E-state index in [9.17, 15) is 27.2 Å². The Balaban J connectivity index is 1.77. The summed E-state index contributed by atoms with van der Waals surface area (Å²) >= 11 is 0. The molecule has 1 aliphatic heterocycles. The Hall–Kier alpha value is -3.75. The molecule has 5 nitrogen and oxygen atoms in total. The fourth-order valence-corrected chi connectivity index (χ4v) is 3.81. The number of carbonyl (C=O) groups excluding carboxylic acids is 2. The molecule has 0 aliphatic carbocycles. The standard InChI is InChI=1S/C23H17F4N3O2/c1-11-5-3-4-6-16(11)20-19-17(10-28-12(2)18(19)22(32)30-20)29-21(31)13-7-14(23(25,26)27)9-15(24)8-13/h3-10,20H,1-2H3,(H,29,31)(H,30,32). The number of nitrogens with zero attached hydrogens (tertiary/aromatic N) is 1. The second-order valence-corrected chi connectivity index (χ2v) is 7.49. The predicted molar refractivity (Wildman–Crippen MR) is 109 cm³/mol. The molecule has 0 spiro atoms. The highest BCUT2D eigenvalue weighted by Crippen LogP contribution is 2.38. The van der Waals surface area contributed by atoms with Crippen LogP contribution in [0.2, 0.25) is 0 Å². The Kier molecular flexibility index (Phi) is 5.20. The number of pyridine rings is 1. The number of anilines is 1. The summed E-state index contributed by atoms with van der Waals surface area (Å²) in [6, 6.07) is 8.38. The van der Waals surface area contributed by atoms with Gasteiger partial charge in [0.1, 0.15) is 5.82 Å². The van der Waals surface area contributed by atoms with Gasteiger partial charge in [0.25, 0.3) is 11.8 Å². The van der Waals surface area contributed by atoms with Crippen LogP contribution in [-0.2, 0) is 6.18 Å². The Bertz CT molecular complexity index is 1250. The predicted octanol–water partition coefficient (Wildman–Crippen LogP) is 4.94. The minimum absolute atomic E-state index is 0.153. The smallest absolute Gasteiger partial charge is 0.341 e. The zero-order chi connectivity index (χ0) is 23.2. The van der Waals surface area contributed by atoms with Crippen molar-refractivity contribution >= 4 is 17.5 Å². The fourth-order valence-electron chi connectivity index (χ4n) is 3.81. The van der Waals surface area contributed by atoms with Crippen LogP contribution in [-0.4, -0.2) is 16.8 Å². The van der Waals surface area contributed by atoms with Gasteiger partial charge in [-0.1, -0.05) is 24.3 Å². The number of hydrogen-bond acceptors (Lipinski definition) is 3. The number of hydrogen-bond donors (Lipinski definition) is 2. The van der Waals surface area contributed by atoms with E-state index in [2.05, 4.69) is 15.6 Å². The molecule has 4 rings (SSSR count). The van der Waals surface area contributed by atoms with E-state index in [4.69, 9.17) is 0 Å². The highest BCUT2D eigenvalue weighted by atomic mass is 19.4. The van der Waals surface area contributed by atoms with Crippen LogP contribution in [0.1, 0.15) is 54.7 Å². The number of aromatic nitrogens is 1. The molecule has 9 heteroatoms. The monoisotopic (exact) mass is 443 g/mol. The Morgan fingerprint density at radius 3 is 2.53 bits per heavy atom. The van der Waals surface area contributed by atoms with Crippen LogP contribution in [0.4, 0.5) is 23.2 Å². The number of amides is 2. The van der Waals surface area contributed by atoms with Crippen molar-refractivity contribution in [2.75, 3.05) is 5.32 Å². The molecule has 0 fully saturated rings. The third-order valence-electron chi connectivity index (χ3n) is 5.33. The molecular formula is C23H17F4N3O2. The number of alkyl halides is 3. The molecule has 0 radical (unpaired) electrons. The van der Waals surface area contributed by atoms with E-state index in [-0.39, 0.29) is 17.2 Å². The zero-order valence-electron chi connectivity index (χ0n) is 17.0. The topological polar surface area (TPSA) is 71.1 Å². The molecule has 1 atom stereocenters. The summed E-state index contributed by atoms with van der Waals surface area (Å²) in [6.07, 6.45) is -3.47. The molecule has 1 aliphatic rings. The van der Waals surface area contributed by atoms with Crippen molar-refractivity contribution in [3.05, 3.63) is 93.6 Å². The van der Waals surface area contributed by atoms with E-state index in [1.807, 2.05) is 31.2 Å². The quantitative estimate of drug-likeness (QED) is 0.564. The molecule has 0 saturated carbocycles. The lowest BCUT2D eigenvalue weighted by Crippen LogP contribution is -2.21. The van der Waals surface area contributed by atoms with E-state index < -0.39 is 35.1 Å². The summed E-state index contributed by atoms with van der Waals surface area (Å²) in [5.41, 5.74) is 1.25. The highest BCUT2D eigenvalue weighted by molar-refractivity contribution is 6.08. The van der Waals surface area contributed by atoms with Crippen molar-refractivity contribution in [2.45, 2.75) is 26.1 Å². The maximum atomic E-state index is 13.8. The van der Waals surface area contributed by atoms with Crippen LogP contribution < -0.4 is 10.6 Å². The van der Waals surface area contributed by atoms with Crippen molar-refractivity contribution in [1.29, 1.82) is 0 Å². The van der Waals surface area contributed by atoms with Gasteiger partial charge in [0.2, 0.25) is 0 Å². The SMILES string of the molecule is Cc1ccccc1C1NC(=O)c2c(C)ncc(NC(=O)c3cc(F)cc(C(F)(F)F)c3)c21. The molecule has 1 unspecified atom stereocenters. The van der Waals surface area contributed by atoms with Crippen molar-refractivity contribution in [3.63, 3.8) is 0 Å². The van der Waals surface area contributed by atoms with Gasteiger partial charge in [0.15, 0.2) is 0 Å². The molecule has 2 amide bonds.